The summed E-state index contributed by atoms with van der Waals surface area (Å²) >= 11 is 0. The van der Waals surface area contributed by atoms with E-state index in [2.05, 4.69) is 6.92 Å². The van der Waals surface area contributed by atoms with Gasteiger partial charge in [-0.3, -0.25) is 4.79 Å². The van der Waals surface area contributed by atoms with Gasteiger partial charge in [0.1, 0.15) is 0 Å². The molecule has 71 valence electrons. The zero-order valence-corrected chi connectivity index (χ0v) is 7.40. The average Bonchev–Trinajstić information content (AvgIpc) is 2.08. The lowest BCUT2D eigenvalue weighted by molar-refractivity contribution is -0.131. The van der Waals surface area contributed by atoms with Crippen LogP contribution in [-0.2, 0) is 9.59 Å². The van der Waals surface area contributed by atoms with Gasteiger partial charge in [-0.05, 0) is 25.8 Å². The third kappa shape index (κ3) is 8.53. The van der Waals surface area contributed by atoms with Gasteiger partial charge in [-0.1, -0.05) is 12.2 Å². The van der Waals surface area contributed by atoms with Gasteiger partial charge in [0, 0.05) is 12.5 Å². The fraction of sp³-hybridized carbons (Fsp3) is 0.300. The van der Waals surface area contributed by atoms with E-state index in [0.717, 1.165) is 6.08 Å². The minimum Gasteiger partial charge on any atom is -0.478 e. The van der Waals surface area contributed by atoms with Gasteiger partial charge >= 0.3 is 5.97 Å². The van der Waals surface area contributed by atoms with Gasteiger partial charge < -0.3 is 5.11 Å². The van der Waals surface area contributed by atoms with Crippen molar-refractivity contribution in [1.29, 1.82) is 0 Å². The second kappa shape index (κ2) is 7.28. The molecule has 0 aromatic heterocycles. The number of aliphatic carboxylic acids is 1. The molecule has 3 nitrogen and oxygen atoms in total. The second-order valence-corrected chi connectivity index (χ2v) is 2.44. The maximum atomic E-state index is 11.0. The predicted molar refractivity (Wildman–Crippen MR) is 50.1 cm³/mol. The number of rotatable bonds is 6. The van der Waals surface area contributed by atoms with Gasteiger partial charge in [0.05, 0.1) is 0 Å². The highest BCUT2D eigenvalue weighted by Crippen LogP contribution is 1.94. The predicted octanol–water partition coefficient (Wildman–Crippen LogP) is 1.76. The number of carboxylic acids is 1. The molecule has 0 fully saturated rings. The lowest BCUT2D eigenvalue weighted by Crippen LogP contribution is -1.91. The Balaban J connectivity index is 3.59. The number of carbonyl (C=O) groups is 2. The molecule has 0 aromatic rings. The standard InChI is InChI=1S/C10H13O3/c1-2-3-6-9(11)7-4-5-8-10(12)13/h3,5-6,8H,1-2,4,7H2,(H,12,13). The van der Waals surface area contributed by atoms with E-state index in [9.17, 15) is 9.59 Å². The van der Waals surface area contributed by atoms with E-state index in [1.807, 2.05) is 0 Å². The minimum absolute atomic E-state index is 0.00121. The van der Waals surface area contributed by atoms with Gasteiger partial charge in [-0.15, -0.1) is 0 Å². The van der Waals surface area contributed by atoms with Crippen LogP contribution in [0, 0.1) is 6.92 Å². The smallest absolute Gasteiger partial charge is 0.327 e. The molecule has 0 atom stereocenters. The summed E-state index contributed by atoms with van der Waals surface area (Å²) in [5.41, 5.74) is 0. The van der Waals surface area contributed by atoms with E-state index < -0.39 is 5.97 Å². The molecule has 0 unspecified atom stereocenters. The summed E-state index contributed by atoms with van der Waals surface area (Å²) in [5.74, 6) is -0.987. The third-order valence-electron chi connectivity index (χ3n) is 1.29. The van der Waals surface area contributed by atoms with Crippen molar-refractivity contribution in [3.63, 3.8) is 0 Å². The molecule has 0 saturated carbocycles. The molecule has 1 radical (unpaired) electrons. The summed E-state index contributed by atoms with van der Waals surface area (Å²) in [4.78, 5) is 21.0. The fourth-order valence-corrected chi connectivity index (χ4v) is 0.708. The van der Waals surface area contributed by atoms with Crippen molar-refractivity contribution in [2.24, 2.45) is 0 Å². The molecule has 0 aromatic carbocycles. The van der Waals surface area contributed by atoms with Gasteiger partial charge in [-0.25, -0.2) is 4.79 Å². The van der Waals surface area contributed by atoms with Crippen LogP contribution < -0.4 is 0 Å². The Morgan fingerprint density at radius 3 is 2.46 bits per heavy atom. The molecule has 0 heterocycles. The van der Waals surface area contributed by atoms with Crippen LogP contribution in [0.2, 0.25) is 0 Å². The number of allylic oxidation sites excluding steroid dienone is 3. The molecular weight excluding hydrogens is 168 g/mol. The van der Waals surface area contributed by atoms with Crippen LogP contribution in [0.3, 0.4) is 0 Å². The van der Waals surface area contributed by atoms with Gasteiger partial charge in [0.2, 0.25) is 0 Å². The number of hydrogen-bond donors (Lipinski definition) is 1. The summed E-state index contributed by atoms with van der Waals surface area (Å²) in [6.45, 7) is 3.55. The van der Waals surface area contributed by atoms with Crippen molar-refractivity contribution in [3.8, 4) is 0 Å². The summed E-state index contributed by atoms with van der Waals surface area (Å²) in [5, 5.41) is 8.23. The lowest BCUT2D eigenvalue weighted by Gasteiger charge is -1.88. The van der Waals surface area contributed by atoms with Crippen LogP contribution >= 0.6 is 0 Å². The lowest BCUT2D eigenvalue weighted by atomic mass is 10.2. The third-order valence-corrected chi connectivity index (χ3v) is 1.29. The highest BCUT2D eigenvalue weighted by atomic mass is 16.4. The van der Waals surface area contributed by atoms with E-state index in [1.54, 1.807) is 6.08 Å². The molecule has 0 amide bonds. The van der Waals surface area contributed by atoms with E-state index in [1.165, 1.54) is 12.2 Å². The molecule has 3 heteroatoms. The molecule has 1 N–H and O–H groups in total. The van der Waals surface area contributed by atoms with Gasteiger partial charge in [0.25, 0.3) is 0 Å². The Bertz CT molecular complexity index is 226. The molecular formula is C10H13O3. The Labute approximate surface area is 77.8 Å². The molecule has 0 bridgehead atoms. The molecule has 0 rings (SSSR count). The number of carbonyl (C=O) groups excluding carboxylic acids is 1. The number of hydrogen-bond acceptors (Lipinski definition) is 2. The fourth-order valence-electron chi connectivity index (χ4n) is 0.708. The second-order valence-electron chi connectivity index (χ2n) is 2.44. The normalized spacial score (nSPS) is 11.2. The molecule has 13 heavy (non-hydrogen) atoms. The summed E-state index contributed by atoms with van der Waals surface area (Å²) < 4.78 is 0. The van der Waals surface area contributed by atoms with Gasteiger partial charge in [-0.2, -0.15) is 0 Å². The van der Waals surface area contributed by atoms with Crippen molar-refractivity contribution in [1.82, 2.24) is 0 Å². The van der Waals surface area contributed by atoms with E-state index in [0.29, 0.717) is 19.3 Å². The first-order valence-corrected chi connectivity index (χ1v) is 4.05. The van der Waals surface area contributed by atoms with Gasteiger partial charge in [0.15, 0.2) is 5.78 Å². The van der Waals surface area contributed by atoms with E-state index in [4.69, 9.17) is 5.11 Å². The molecule has 0 aliphatic rings. The van der Waals surface area contributed by atoms with Crippen LogP contribution in [0.5, 0.6) is 0 Å². The summed E-state index contributed by atoms with van der Waals surface area (Å²) in [6, 6.07) is 0. The Morgan fingerprint density at radius 2 is 1.92 bits per heavy atom. The van der Waals surface area contributed by atoms with Crippen molar-refractivity contribution >= 4 is 11.8 Å². The Hall–Kier alpha value is -1.38. The largest absolute Gasteiger partial charge is 0.478 e. The molecule has 0 saturated heterocycles. The zero-order chi connectivity index (χ0) is 10.1. The topological polar surface area (TPSA) is 54.4 Å². The minimum atomic E-state index is -0.985. The first-order chi connectivity index (χ1) is 6.16. The van der Waals surface area contributed by atoms with Crippen molar-refractivity contribution in [3.05, 3.63) is 31.2 Å². The van der Waals surface area contributed by atoms with E-state index in [-0.39, 0.29) is 5.78 Å². The molecule has 0 aliphatic heterocycles. The maximum Gasteiger partial charge on any atom is 0.327 e. The van der Waals surface area contributed by atoms with Crippen LogP contribution in [0.25, 0.3) is 0 Å². The highest BCUT2D eigenvalue weighted by Gasteiger charge is 1.93. The van der Waals surface area contributed by atoms with Crippen LogP contribution in [-0.4, -0.2) is 16.9 Å². The van der Waals surface area contributed by atoms with Crippen molar-refractivity contribution in [2.45, 2.75) is 19.3 Å². The van der Waals surface area contributed by atoms with Crippen LogP contribution in [0.4, 0.5) is 0 Å². The molecule has 0 aliphatic carbocycles. The summed E-state index contributed by atoms with van der Waals surface area (Å²) in [6.07, 6.45) is 7.07. The van der Waals surface area contributed by atoms with Crippen LogP contribution in [0.1, 0.15) is 19.3 Å². The zero-order valence-electron chi connectivity index (χ0n) is 7.40. The Morgan fingerprint density at radius 1 is 1.23 bits per heavy atom. The van der Waals surface area contributed by atoms with E-state index >= 15 is 0 Å². The van der Waals surface area contributed by atoms with Crippen LogP contribution in [0.15, 0.2) is 24.3 Å². The Kier molecular flexibility index (Phi) is 6.51. The van der Waals surface area contributed by atoms with Crippen molar-refractivity contribution in [2.75, 3.05) is 0 Å². The maximum absolute atomic E-state index is 11.0. The molecule has 0 spiro atoms. The number of carboxylic acid groups (broad SMARTS) is 1. The SMILES string of the molecule is [CH2]CC=CC(=O)CCC=CC(=O)O. The number of ketones is 1. The average molecular weight is 181 g/mol. The first-order valence-electron chi connectivity index (χ1n) is 4.05. The first kappa shape index (κ1) is 11.6. The van der Waals surface area contributed by atoms with Crippen molar-refractivity contribution < 1.29 is 14.7 Å². The monoisotopic (exact) mass is 181 g/mol. The summed E-state index contributed by atoms with van der Waals surface area (Å²) in [7, 11) is 0. The quantitative estimate of drug-likeness (QED) is 0.635. The highest BCUT2D eigenvalue weighted by molar-refractivity contribution is 5.89.